The summed E-state index contributed by atoms with van der Waals surface area (Å²) in [5.41, 5.74) is 1.45. The molecule has 2 aromatic carbocycles. The summed E-state index contributed by atoms with van der Waals surface area (Å²) >= 11 is 0. The number of rotatable bonds is 5. The van der Waals surface area contributed by atoms with Crippen molar-refractivity contribution in [2.24, 2.45) is 5.92 Å². The molecule has 1 fully saturated rings. The molecule has 0 aromatic heterocycles. The maximum Gasteiger partial charge on any atom is 0.314 e. The quantitative estimate of drug-likeness (QED) is 0.669. The Hall–Kier alpha value is -1.58. The molecule has 1 saturated carbocycles. The molecule has 0 saturated heterocycles. The first-order valence-electron chi connectivity index (χ1n) is 10.9. The summed E-state index contributed by atoms with van der Waals surface area (Å²) in [5, 5.41) is 13.1. The van der Waals surface area contributed by atoms with Gasteiger partial charge in [-0.2, -0.15) is 0 Å². The lowest BCUT2D eigenvalue weighted by atomic mass is 9.62. The summed E-state index contributed by atoms with van der Waals surface area (Å²) in [6.07, 6.45) is 5.06. The third-order valence-corrected chi connectivity index (χ3v) is 7.26. The monoisotopic (exact) mass is 415 g/mol. The number of carbonyl (C=O) groups is 1. The fourth-order valence-corrected chi connectivity index (χ4v) is 6.42. The van der Waals surface area contributed by atoms with E-state index in [1.807, 2.05) is 6.07 Å². The zero-order valence-corrected chi connectivity index (χ0v) is 18.8. The molecule has 2 aliphatic carbocycles. The third-order valence-electron chi connectivity index (χ3n) is 7.26. The van der Waals surface area contributed by atoms with Gasteiger partial charge in [-0.3, -0.25) is 9.69 Å². The zero-order chi connectivity index (χ0) is 20.1. The molecule has 0 amide bonds. The largest absolute Gasteiger partial charge is 0.481 e. The lowest BCUT2D eigenvalue weighted by Gasteiger charge is -2.50. The van der Waals surface area contributed by atoms with E-state index in [9.17, 15) is 9.90 Å². The van der Waals surface area contributed by atoms with E-state index in [2.05, 4.69) is 62.9 Å². The van der Waals surface area contributed by atoms with Crippen LogP contribution >= 0.6 is 12.4 Å². The molecule has 0 radical (unpaired) electrons. The van der Waals surface area contributed by atoms with Crippen molar-refractivity contribution < 1.29 is 9.90 Å². The van der Waals surface area contributed by atoms with E-state index in [-0.39, 0.29) is 18.3 Å². The Morgan fingerprint density at radius 1 is 1.03 bits per heavy atom. The highest BCUT2D eigenvalue weighted by molar-refractivity contribution is 5.99. The molecular weight excluding hydrogens is 382 g/mol. The number of hydrogen-bond acceptors (Lipinski definition) is 2. The number of halogens is 1. The van der Waals surface area contributed by atoms with Crippen LogP contribution in [0.5, 0.6) is 0 Å². The van der Waals surface area contributed by atoms with Gasteiger partial charge in [0.15, 0.2) is 0 Å². The molecular formula is C25H34ClNO2. The second kappa shape index (κ2) is 8.28. The van der Waals surface area contributed by atoms with Gasteiger partial charge in [-0.25, -0.2) is 0 Å². The van der Waals surface area contributed by atoms with Crippen LogP contribution in [-0.4, -0.2) is 34.1 Å². The van der Waals surface area contributed by atoms with Crippen LogP contribution < -0.4 is 0 Å². The second-order valence-electron chi connectivity index (χ2n) is 9.37. The van der Waals surface area contributed by atoms with Gasteiger partial charge in [-0.05, 0) is 74.8 Å². The fraction of sp³-hybridized carbons (Fsp3) is 0.560. The Balaban J connectivity index is 0.00000240. The van der Waals surface area contributed by atoms with E-state index in [4.69, 9.17) is 0 Å². The molecule has 29 heavy (non-hydrogen) atoms. The van der Waals surface area contributed by atoms with Gasteiger partial charge in [0.25, 0.3) is 0 Å². The summed E-state index contributed by atoms with van der Waals surface area (Å²) < 4.78 is 0. The van der Waals surface area contributed by atoms with Crippen molar-refractivity contribution in [2.75, 3.05) is 0 Å². The first kappa shape index (κ1) is 22.1. The maximum absolute atomic E-state index is 13.0. The standard InChI is InChI=1S/C25H33NO2.ClH/c1-16(2)26(17(3)4)22-14-6-5-12-20(22)25(24(27)28)15-19-11-7-9-18-10-8-13-21(25)23(18)19;/h7-11,13,16-17,20,22H,5-6,12,14-15H2,1-4H3,(H,27,28);1H/t20-,22-,25?;/m1./s1. The summed E-state index contributed by atoms with van der Waals surface area (Å²) in [6.45, 7) is 9.01. The molecule has 1 unspecified atom stereocenters. The van der Waals surface area contributed by atoms with Gasteiger partial charge in [-0.15, -0.1) is 12.4 Å². The smallest absolute Gasteiger partial charge is 0.314 e. The van der Waals surface area contributed by atoms with Gasteiger partial charge in [0, 0.05) is 18.1 Å². The second-order valence-corrected chi connectivity index (χ2v) is 9.37. The number of aliphatic carboxylic acids is 1. The minimum Gasteiger partial charge on any atom is -0.481 e. The third kappa shape index (κ3) is 3.37. The van der Waals surface area contributed by atoms with Crippen LogP contribution in [0.3, 0.4) is 0 Å². The number of benzene rings is 2. The van der Waals surface area contributed by atoms with Gasteiger partial charge < -0.3 is 5.11 Å². The van der Waals surface area contributed by atoms with Crippen molar-refractivity contribution in [2.45, 2.75) is 83.3 Å². The number of hydrogen-bond donors (Lipinski definition) is 1. The maximum atomic E-state index is 13.0. The summed E-state index contributed by atoms with van der Waals surface area (Å²) in [5.74, 6) is -0.498. The average Bonchev–Trinajstić information content (AvgIpc) is 2.99. The van der Waals surface area contributed by atoms with Gasteiger partial charge in [0.1, 0.15) is 5.41 Å². The Kier molecular flexibility index (Phi) is 6.31. The molecule has 0 bridgehead atoms. The van der Waals surface area contributed by atoms with Crippen LogP contribution in [0.15, 0.2) is 36.4 Å². The van der Waals surface area contributed by atoms with Gasteiger partial charge >= 0.3 is 5.97 Å². The van der Waals surface area contributed by atoms with Crippen molar-refractivity contribution >= 4 is 29.1 Å². The van der Waals surface area contributed by atoms with Gasteiger partial charge in [0.2, 0.25) is 0 Å². The van der Waals surface area contributed by atoms with Crippen molar-refractivity contribution in [3.05, 3.63) is 47.5 Å². The minimum absolute atomic E-state index is 0. The predicted molar refractivity (Wildman–Crippen MR) is 122 cm³/mol. The minimum atomic E-state index is -0.809. The van der Waals surface area contributed by atoms with E-state index in [1.165, 1.54) is 22.8 Å². The Bertz CT molecular complexity index is 880. The SMILES string of the molecule is CC(C)N(C(C)C)[C@@H]1CCCC[C@H]1C1(C(=O)O)Cc2cccc3cccc1c23.Cl. The molecule has 2 aromatic rings. The van der Waals surface area contributed by atoms with Crippen LogP contribution in [0, 0.1) is 5.92 Å². The van der Waals surface area contributed by atoms with Crippen LogP contribution in [0.1, 0.15) is 64.5 Å². The summed E-state index contributed by atoms with van der Waals surface area (Å²) in [4.78, 5) is 15.6. The van der Waals surface area contributed by atoms with E-state index in [0.717, 1.165) is 24.8 Å². The van der Waals surface area contributed by atoms with Crippen molar-refractivity contribution in [3.63, 3.8) is 0 Å². The molecule has 2 aliphatic rings. The zero-order valence-electron chi connectivity index (χ0n) is 18.0. The molecule has 4 rings (SSSR count). The molecule has 1 N–H and O–H groups in total. The van der Waals surface area contributed by atoms with Gasteiger partial charge in [0.05, 0.1) is 0 Å². The summed E-state index contributed by atoms with van der Waals surface area (Å²) in [7, 11) is 0. The Labute approximate surface area is 180 Å². The fourth-order valence-electron chi connectivity index (χ4n) is 6.42. The molecule has 0 heterocycles. The highest BCUT2D eigenvalue weighted by Gasteiger charge is 2.55. The highest BCUT2D eigenvalue weighted by Crippen LogP contribution is 2.52. The topological polar surface area (TPSA) is 40.5 Å². The van der Waals surface area contributed by atoms with Crippen LogP contribution in [0.25, 0.3) is 10.8 Å². The van der Waals surface area contributed by atoms with Crippen molar-refractivity contribution in [1.82, 2.24) is 4.90 Å². The molecule has 4 heteroatoms. The van der Waals surface area contributed by atoms with E-state index < -0.39 is 11.4 Å². The molecule has 0 aliphatic heterocycles. The lowest BCUT2D eigenvalue weighted by Crippen LogP contribution is -2.57. The van der Waals surface area contributed by atoms with Crippen LogP contribution in [0.2, 0.25) is 0 Å². The molecule has 158 valence electrons. The molecule has 3 atom stereocenters. The van der Waals surface area contributed by atoms with Crippen molar-refractivity contribution in [3.8, 4) is 0 Å². The van der Waals surface area contributed by atoms with Crippen LogP contribution in [-0.2, 0) is 16.6 Å². The Morgan fingerprint density at radius 3 is 2.28 bits per heavy atom. The van der Waals surface area contributed by atoms with E-state index >= 15 is 0 Å². The highest BCUT2D eigenvalue weighted by atomic mass is 35.5. The summed E-state index contributed by atoms with van der Waals surface area (Å²) in [6, 6.07) is 13.7. The average molecular weight is 416 g/mol. The van der Waals surface area contributed by atoms with Crippen molar-refractivity contribution in [1.29, 1.82) is 0 Å². The molecule has 0 spiro atoms. The van der Waals surface area contributed by atoms with E-state index in [0.29, 0.717) is 24.5 Å². The Morgan fingerprint density at radius 2 is 1.66 bits per heavy atom. The van der Waals surface area contributed by atoms with Gasteiger partial charge in [-0.1, -0.05) is 49.2 Å². The first-order chi connectivity index (χ1) is 13.4. The van der Waals surface area contributed by atoms with Crippen LogP contribution in [0.4, 0.5) is 0 Å². The number of carboxylic acid groups (broad SMARTS) is 1. The predicted octanol–water partition coefficient (Wildman–Crippen LogP) is 5.82. The lowest BCUT2D eigenvalue weighted by molar-refractivity contribution is -0.149. The first-order valence-corrected chi connectivity index (χ1v) is 10.9. The van der Waals surface area contributed by atoms with E-state index in [1.54, 1.807) is 0 Å². The normalized spacial score (nSPS) is 26.3. The number of nitrogens with zero attached hydrogens (tertiary/aromatic N) is 1. The molecule has 3 nitrogen and oxygen atoms in total. The number of carboxylic acids is 1.